The highest BCUT2D eigenvalue weighted by Gasteiger charge is 2.21. The molecule has 7 nitrogen and oxygen atoms in total. The zero-order valence-electron chi connectivity index (χ0n) is 15.8. The number of carbonyl (C=O) groups is 1. The molecular formula is C22H19N3O4. The third-order valence-electron chi connectivity index (χ3n) is 4.18. The molecule has 4 rings (SSSR count). The summed E-state index contributed by atoms with van der Waals surface area (Å²) in [6.45, 7) is 2.31. The summed E-state index contributed by atoms with van der Waals surface area (Å²) in [6.07, 6.45) is 1.60. The number of anilines is 1. The van der Waals surface area contributed by atoms with E-state index in [0.717, 1.165) is 5.39 Å². The van der Waals surface area contributed by atoms with Crippen LogP contribution in [0.25, 0.3) is 11.0 Å². The van der Waals surface area contributed by atoms with Gasteiger partial charge in [-0.25, -0.2) is 9.78 Å². The van der Waals surface area contributed by atoms with Gasteiger partial charge in [0.25, 0.3) is 0 Å². The molecule has 0 saturated carbocycles. The molecule has 2 aromatic heterocycles. The molecule has 0 saturated heterocycles. The van der Waals surface area contributed by atoms with Crippen LogP contribution < -0.4 is 10.1 Å². The molecular weight excluding hydrogens is 370 g/mol. The minimum absolute atomic E-state index is 0.178. The lowest BCUT2D eigenvalue weighted by Gasteiger charge is -2.08. The van der Waals surface area contributed by atoms with Gasteiger partial charge in [-0.3, -0.25) is 0 Å². The van der Waals surface area contributed by atoms with E-state index in [-0.39, 0.29) is 12.4 Å². The van der Waals surface area contributed by atoms with Crippen LogP contribution in [0.1, 0.15) is 23.0 Å². The summed E-state index contributed by atoms with van der Waals surface area (Å²) in [6, 6.07) is 18.5. The van der Waals surface area contributed by atoms with Crippen molar-refractivity contribution in [2.45, 2.75) is 13.5 Å². The normalized spacial score (nSPS) is 10.7. The highest BCUT2D eigenvalue weighted by molar-refractivity contribution is 5.96. The van der Waals surface area contributed by atoms with Crippen molar-refractivity contribution in [1.29, 1.82) is 0 Å². The van der Waals surface area contributed by atoms with E-state index in [1.54, 1.807) is 19.2 Å². The fraction of sp³-hybridized carbons (Fsp3) is 0.136. The van der Waals surface area contributed by atoms with Crippen molar-refractivity contribution in [3.8, 4) is 11.6 Å². The quantitative estimate of drug-likeness (QED) is 0.454. The second-order valence-corrected chi connectivity index (χ2v) is 6.11. The number of benzene rings is 2. The number of rotatable bonds is 7. The Kier molecular flexibility index (Phi) is 5.38. The van der Waals surface area contributed by atoms with Gasteiger partial charge in [-0.1, -0.05) is 36.4 Å². The topological polar surface area (TPSA) is 86.5 Å². The lowest BCUT2D eigenvalue weighted by Crippen LogP contribution is -2.10. The van der Waals surface area contributed by atoms with Crippen molar-refractivity contribution in [3.05, 3.63) is 78.2 Å². The van der Waals surface area contributed by atoms with Crippen molar-refractivity contribution in [2.24, 2.45) is 0 Å². The maximum atomic E-state index is 12.3. The second kappa shape index (κ2) is 8.43. The maximum Gasteiger partial charge on any atom is 0.374 e. The van der Waals surface area contributed by atoms with E-state index in [1.807, 2.05) is 54.6 Å². The van der Waals surface area contributed by atoms with Gasteiger partial charge < -0.3 is 19.2 Å². The number of furan rings is 1. The minimum Gasteiger partial charge on any atom is -0.460 e. The summed E-state index contributed by atoms with van der Waals surface area (Å²) in [7, 11) is 0. The van der Waals surface area contributed by atoms with Crippen LogP contribution in [0.4, 0.5) is 5.95 Å². The fourth-order valence-electron chi connectivity index (χ4n) is 2.90. The SMILES string of the molecule is CCOC(=O)c1oc2ccccc2c1CNc1nccc(Oc2ccccc2)n1. The number of hydrogen-bond acceptors (Lipinski definition) is 7. The molecule has 0 amide bonds. The van der Waals surface area contributed by atoms with E-state index in [4.69, 9.17) is 13.9 Å². The third-order valence-corrected chi connectivity index (χ3v) is 4.18. The lowest BCUT2D eigenvalue weighted by atomic mass is 10.1. The fourth-order valence-corrected chi connectivity index (χ4v) is 2.90. The summed E-state index contributed by atoms with van der Waals surface area (Å²) in [5.41, 5.74) is 1.31. The van der Waals surface area contributed by atoms with Crippen molar-refractivity contribution in [2.75, 3.05) is 11.9 Å². The molecule has 0 atom stereocenters. The number of nitrogens with zero attached hydrogens (tertiary/aromatic N) is 2. The number of carbonyl (C=O) groups excluding carboxylic acids is 1. The van der Waals surface area contributed by atoms with Gasteiger partial charge in [0.15, 0.2) is 0 Å². The second-order valence-electron chi connectivity index (χ2n) is 6.11. The Morgan fingerprint density at radius 2 is 1.86 bits per heavy atom. The molecule has 2 aromatic carbocycles. The van der Waals surface area contributed by atoms with E-state index < -0.39 is 5.97 Å². The molecule has 0 unspecified atom stereocenters. The van der Waals surface area contributed by atoms with Crippen LogP contribution in [0.2, 0.25) is 0 Å². The molecule has 0 spiro atoms. The van der Waals surface area contributed by atoms with Gasteiger partial charge in [-0.15, -0.1) is 0 Å². The maximum absolute atomic E-state index is 12.3. The smallest absolute Gasteiger partial charge is 0.374 e. The Morgan fingerprint density at radius 1 is 1.07 bits per heavy atom. The average Bonchev–Trinajstić information content (AvgIpc) is 3.12. The Bertz CT molecular complexity index is 1130. The highest BCUT2D eigenvalue weighted by atomic mass is 16.5. The van der Waals surface area contributed by atoms with Gasteiger partial charge in [0.1, 0.15) is 11.3 Å². The first kappa shape index (κ1) is 18.5. The van der Waals surface area contributed by atoms with E-state index in [0.29, 0.717) is 35.3 Å². The first-order valence-electron chi connectivity index (χ1n) is 9.22. The third kappa shape index (κ3) is 4.19. The van der Waals surface area contributed by atoms with Gasteiger partial charge >= 0.3 is 5.97 Å². The van der Waals surface area contributed by atoms with Crippen molar-refractivity contribution < 1.29 is 18.7 Å². The standard InChI is InChI=1S/C22H19N3O4/c1-2-27-21(26)20-17(16-10-6-7-11-18(16)29-20)14-24-22-23-13-12-19(25-22)28-15-8-4-3-5-9-15/h3-13H,2,14H2,1H3,(H,23,24,25). The van der Waals surface area contributed by atoms with Crippen LogP contribution >= 0.6 is 0 Å². The molecule has 0 fully saturated rings. The summed E-state index contributed by atoms with van der Waals surface area (Å²) in [5, 5.41) is 3.97. The zero-order chi connectivity index (χ0) is 20.1. The molecule has 0 aliphatic carbocycles. The van der Waals surface area contributed by atoms with Crippen molar-refractivity contribution in [3.63, 3.8) is 0 Å². The molecule has 2 heterocycles. The average molecular weight is 389 g/mol. The van der Waals surface area contributed by atoms with E-state index in [9.17, 15) is 4.79 Å². The van der Waals surface area contributed by atoms with Crippen LogP contribution in [0.15, 0.2) is 71.3 Å². The number of fused-ring (bicyclic) bond motifs is 1. The lowest BCUT2D eigenvalue weighted by molar-refractivity contribution is 0.0491. The van der Waals surface area contributed by atoms with Crippen LogP contribution in [0.5, 0.6) is 11.6 Å². The zero-order valence-corrected chi connectivity index (χ0v) is 15.8. The monoisotopic (exact) mass is 389 g/mol. The number of aromatic nitrogens is 2. The van der Waals surface area contributed by atoms with Crippen molar-refractivity contribution in [1.82, 2.24) is 9.97 Å². The van der Waals surface area contributed by atoms with Gasteiger partial charge in [-0.2, -0.15) is 4.98 Å². The molecule has 29 heavy (non-hydrogen) atoms. The van der Waals surface area contributed by atoms with Gasteiger partial charge in [0.2, 0.25) is 17.6 Å². The number of esters is 1. The Hall–Kier alpha value is -3.87. The summed E-state index contributed by atoms with van der Waals surface area (Å²) >= 11 is 0. The summed E-state index contributed by atoms with van der Waals surface area (Å²) in [4.78, 5) is 20.9. The van der Waals surface area contributed by atoms with E-state index in [1.165, 1.54) is 0 Å². The van der Waals surface area contributed by atoms with Gasteiger partial charge in [0, 0.05) is 29.8 Å². The molecule has 0 radical (unpaired) electrons. The Balaban J connectivity index is 1.56. The first-order valence-corrected chi connectivity index (χ1v) is 9.22. The molecule has 0 aliphatic rings. The highest BCUT2D eigenvalue weighted by Crippen LogP contribution is 2.27. The van der Waals surface area contributed by atoms with Crippen LogP contribution in [-0.2, 0) is 11.3 Å². The largest absolute Gasteiger partial charge is 0.460 e. The minimum atomic E-state index is -0.498. The summed E-state index contributed by atoms with van der Waals surface area (Å²) in [5.74, 6) is 1.15. The summed E-state index contributed by atoms with van der Waals surface area (Å²) < 4.78 is 16.6. The van der Waals surface area contributed by atoms with Crippen LogP contribution in [0, 0.1) is 0 Å². The number of ether oxygens (including phenoxy) is 2. The predicted octanol–water partition coefficient (Wildman–Crippen LogP) is 4.80. The van der Waals surface area contributed by atoms with Crippen LogP contribution in [-0.4, -0.2) is 22.5 Å². The number of nitrogens with one attached hydrogen (secondary N) is 1. The van der Waals surface area contributed by atoms with Gasteiger partial charge in [-0.05, 0) is 25.1 Å². The molecule has 7 heteroatoms. The van der Waals surface area contributed by atoms with E-state index >= 15 is 0 Å². The number of para-hydroxylation sites is 2. The Labute approximate surface area is 167 Å². The molecule has 1 N–H and O–H groups in total. The molecule has 0 aliphatic heterocycles. The number of hydrogen-bond donors (Lipinski definition) is 1. The molecule has 0 bridgehead atoms. The van der Waals surface area contributed by atoms with Crippen molar-refractivity contribution >= 4 is 22.9 Å². The molecule has 146 valence electrons. The van der Waals surface area contributed by atoms with E-state index in [2.05, 4.69) is 15.3 Å². The first-order chi connectivity index (χ1) is 14.2. The predicted molar refractivity (Wildman–Crippen MR) is 108 cm³/mol. The molecule has 4 aromatic rings. The van der Waals surface area contributed by atoms with Crippen LogP contribution in [0.3, 0.4) is 0 Å². The Morgan fingerprint density at radius 3 is 2.69 bits per heavy atom. The van der Waals surface area contributed by atoms with Gasteiger partial charge in [0.05, 0.1) is 6.61 Å².